The fourth-order valence-electron chi connectivity index (χ4n) is 1.41. The molecular formula is C10H13ClF3NO2S2. The maximum atomic E-state index is 12.5. The Kier molecular flexibility index (Phi) is 5.28. The molecule has 0 aromatic carbocycles. The minimum absolute atomic E-state index is 0.124. The van der Waals surface area contributed by atoms with Crippen molar-refractivity contribution in [1.82, 2.24) is 4.31 Å². The van der Waals surface area contributed by atoms with Gasteiger partial charge in [-0.1, -0.05) is 0 Å². The van der Waals surface area contributed by atoms with Crippen molar-refractivity contribution in [1.29, 1.82) is 0 Å². The quantitative estimate of drug-likeness (QED) is 0.773. The zero-order valence-corrected chi connectivity index (χ0v) is 12.6. The lowest BCUT2D eigenvalue weighted by atomic mass is 10.4. The van der Waals surface area contributed by atoms with Gasteiger partial charge in [-0.25, -0.2) is 8.42 Å². The van der Waals surface area contributed by atoms with Crippen LogP contribution in [0.2, 0.25) is 0 Å². The Bertz CT molecular complexity index is 525. The zero-order chi connectivity index (χ0) is 14.8. The average Bonchev–Trinajstić information content (AvgIpc) is 2.73. The summed E-state index contributed by atoms with van der Waals surface area (Å²) in [4.78, 5) is 0.593. The van der Waals surface area contributed by atoms with Crippen molar-refractivity contribution in [3.05, 3.63) is 17.0 Å². The molecule has 0 saturated heterocycles. The Labute approximate surface area is 119 Å². The SMILES string of the molecule is CC(C)N(CC(F)(F)F)S(=O)(=O)c1ccc(CCl)s1. The number of halogens is 4. The summed E-state index contributed by atoms with van der Waals surface area (Å²) in [5, 5.41) is 0. The Hall–Kier alpha value is -0.310. The van der Waals surface area contributed by atoms with Gasteiger partial charge in [0.15, 0.2) is 0 Å². The fourth-order valence-corrected chi connectivity index (χ4v) is 4.62. The lowest BCUT2D eigenvalue weighted by Gasteiger charge is -2.26. The Morgan fingerprint density at radius 3 is 2.32 bits per heavy atom. The van der Waals surface area contributed by atoms with Gasteiger partial charge < -0.3 is 0 Å². The number of rotatable bonds is 5. The molecule has 0 aliphatic rings. The Morgan fingerprint density at radius 2 is 1.95 bits per heavy atom. The molecule has 0 fully saturated rings. The number of hydrogen-bond donors (Lipinski definition) is 0. The second kappa shape index (κ2) is 5.99. The highest BCUT2D eigenvalue weighted by Gasteiger charge is 2.38. The third-order valence-electron chi connectivity index (χ3n) is 2.24. The van der Waals surface area contributed by atoms with Crippen LogP contribution in [-0.2, 0) is 15.9 Å². The number of alkyl halides is 4. The molecule has 0 amide bonds. The molecule has 0 atom stereocenters. The molecule has 0 unspecified atom stereocenters. The van der Waals surface area contributed by atoms with E-state index in [9.17, 15) is 21.6 Å². The van der Waals surface area contributed by atoms with Gasteiger partial charge in [0.2, 0.25) is 0 Å². The van der Waals surface area contributed by atoms with Crippen LogP contribution in [0.25, 0.3) is 0 Å². The van der Waals surface area contributed by atoms with Gasteiger partial charge in [-0.3, -0.25) is 0 Å². The molecule has 0 bridgehead atoms. The molecule has 0 spiro atoms. The zero-order valence-electron chi connectivity index (χ0n) is 10.2. The number of sulfonamides is 1. The van der Waals surface area contributed by atoms with E-state index in [1.807, 2.05) is 0 Å². The van der Waals surface area contributed by atoms with E-state index in [2.05, 4.69) is 0 Å². The average molecular weight is 336 g/mol. The van der Waals surface area contributed by atoms with Crippen molar-refractivity contribution in [2.75, 3.05) is 6.54 Å². The second-order valence-corrected chi connectivity index (χ2v) is 7.67. The van der Waals surface area contributed by atoms with E-state index in [0.29, 0.717) is 9.18 Å². The van der Waals surface area contributed by atoms with Crippen molar-refractivity contribution < 1.29 is 21.6 Å². The molecule has 0 N–H and O–H groups in total. The van der Waals surface area contributed by atoms with Crippen LogP contribution in [0.1, 0.15) is 18.7 Å². The van der Waals surface area contributed by atoms with Crippen LogP contribution in [0.3, 0.4) is 0 Å². The van der Waals surface area contributed by atoms with Crippen LogP contribution in [0.4, 0.5) is 13.2 Å². The summed E-state index contributed by atoms with van der Waals surface area (Å²) < 4.78 is 62.0. The molecule has 1 heterocycles. The lowest BCUT2D eigenvalue weighted by Crippen LogP contribution is -2.42. The smallest absolute Gasteiger partial charge is 0.206 e. The number of thiophene rings is 1. The molecule has 1 aromatic heterocycles. The summed E-state index contributed by atoms with van der Waals surface area (Å²) in [6.45, 7) is 1.31. The van der Waals surface area contributed by atoms with Crippen molar-refractivity contribution in [3.8, 4) is 0 Å². The summed E-state index contributed by atoms with van der Waals surface area (Å²) in [6.07, 6.45) is -4.58. The molecule has 110 valence electrons. The molecule has 0 saturated carbocycles. The van der Waals surface area contributed by atoms with Crippen LogP contribution in [-0.4, -0.2) is 31.5 Å². The largest absolute Gasteiger partial charge is 0.402 e. The molecule has 0 aliphatic heterocycles. The van der Waals surface area contributed by atoms with E-state index >= 15 is 0 Å². The maximum Gasteiger partial charge on any atom is 0.402 e. The number of nitrogens with zero attached hydrogens (tertiary/aromatic N) is 1. The first-order valence-electron chi connectivity index (χ1n) is 5.31. The van der Waals surface area contributed by atoms with Gasteiger partial charge in [-0.2, -0.15) is 17.5 Å². The van der Waals surface area contributed by atoms with E-state index in [1.165, 1.54) is 26.0 Å². The summed E-state index contributed by atoms with van der Waals surface area (Å²) in [5.41, 5.74) is 0. The molecule has 0 radical (unpaired) electrons. The molecule has 0 aliphatic carbocycles. The summed E-state index contributed by atoms with van der Waals surface area (Å²) >= 11 is 6.44. The van der Waals surface area contributed by atoms with E-state index in [0.717, 1.165) is 11.3 Å². The van der Waals surface area contributed by atoms with Gasteiger partial charge >= 0.3 is 6.18 Å². The highest BCUT2D eigenvalue weighted by atomic mass is 35.5. The van der Waals surface area contributed by atoms with Gasteiger partial charge in [-0.05, 0) is 26.0 Å². The van der Waals surface area contributed by atoms with Crippen LogP contribution in [0.5, 0.6) is 0 Å². The van der Waals surface area contributed by atoms with Crippen LogP contribution < -0.4 is 0 Å². The normalized spacial score (nSPS) is 13.5. The summed E-state index contributed by atoms with van der Waals surface area (Å²) in [6, 6.07) is 1.99. The van der Waals surface area contributed by atoms with Crippen LogP contribution in [0.15, 0.2) is 16.3 Å². The monoisotopic (exact) mass is 335 g/mol. The Morgan fingerprint density at radius 1 is 1.37 bits per heavy atom. The molecular weight excluding hydrogens is 323 g/mol. The maximum absolute atomic E-state index is 12.5. The summed E-state index contributed by atoms with van der Waals surface area (Å²) in [7, 11) is -4.15. The summed E-state index contributed by atoms with van der Waals surface area (Å²) in [5.74, 6) is 0.126. The second-order valence-electron chi connectivity index (χ2n) is 4.11. The first-order valence-corrected chi connectivity index (χ1v) is 8.10. The molecule has 1 aromatic rings. The van der Waals surface area contributed by atoms with Gasteiger partial charge in [0, 0.05) is 10.9 Å². The van der Waals surface area contributed by atoms with Gasteiger partial charge in [-0.15, -0.1) is 22.9 Å². The van der Waals surface area contributed by atoms with Crippen molar-refractivity contribution in [2.45, 2.75) is 36.2 Å². The first-order chi connectivity index (χ1) is 8.58. The highest BCUT2D eigenvalue weighted by molar-refractivity contribution is 7.91. The first kappa shape index (κ1) is 16.7. The fraction of sp³-hybridized carbons (Fsp3) is 0.600. The van der Waals surface area contributed by atoms with Gasteiger partial charge in [0.05, 0.1) is 5.88 Å². The van der Waals surface area contributed by atoms with Crippen molar-refractivity contribution >= 4 is 33.0 Å². The topological polar surface area (TPSA) is 37.4 Å². The third kappa shape index (κ3) is 4.34. The predicted molar refractivity (Wildman–Crippen MR) is 69.0 cm³/mol. The van der Waals surface area contributed by atoms with Crippen molar-refractivity contribution in [2.24, 2.45) is 0 Å². The molecule has 1 rings (SSSR count). The molecule has 9 heteroatoms. The van der Waals surface area contributed by atoms with E-state index in [1.54, 1.807) is 0 Å². The van der Waals surface area contributed by atoms with Crippen molar-refractivity contribution in [3.63, 3.8) is 0 Å². The van der Waals surface area contributed by atoms with Crippen LogP contribution in [0, 0.1) is 0 Å². The Balaban J connectivity index is 3.13. The minimum Gasteiger partial charge on any atom is -0.206 e. The highest BCUT2D eigenvalue weighted by Crippen LogP contribution is 2.29. The molecule has 19 heavy (non-hydrogen) atoms. The molecule has 3 nitrogen and oxygen atoms in total. The predicted octanol–water partition coefficient (Wildman–Crippen LogP) is 3.45. The van der Waals surface area contributed by atoms with Gasteiger partial charge in [0.25, 0.3) is 10.0 Å². The van der Waals surface area contributed by atoms with Crippen LogP contribution >= 0.6 is 22.9 Å². The van der Waals surface area contributed by atoms with E-state index in [-0.39, 0.29) is 10.1 Å². The van der Waals surface area contributed by atoms with E-state index < -0.39 is 28.8 Å². The van der Waals surface area contributed by atoms with E-state index in [4.69, 9.17) is 11.6 Å². The number of hydrogen-bond acceptors (Lipinski definition) is 3. The standard InChI is InChI=1S/C10H13ClF3NO2S2/c1-7(2)15(6-10(12,13)14)19(16,17)9-4-3-8(5-11)18-9/h3-4,7H,5-6H2,1-2H3. The third-order valence-corrected chi connectivity index (χ3v) is 6.26. The lowest BCUT2D eigenvalue weighted by molar-refractivity contribution is -0.138. The minimum atomic E-state index is -4.58. The van der Waals surface area contributed by atoms with Gasteiger partial charge in [0.1, 0.15) is 10.8 Å².